The molecule has 3 heteroatoms. The highest BCUT2D eigenvalue weighted by Gasteiger charge is 2.55. The van der Waals surface area contributed by atoms with Gasteiger partial charge in [-0.15, -0.1) is 0 Å². The number of nitrogens with zero attached hydrogens (tertiary/aromatic N) is 2. The largest absolute Gasteiger partial charge is 0.310 e. The molecule has 4 aliphatic rings. The molecule has 0 bridgehead atoms. The summed E-state index contributed by atoms with van der Waals surface area (Å²) in [4.78, 5) is 0. The molecule has 1 aliphatic carbocycles. The maximum absolute atomic E-state index is 2.81. The Labute approximate surface area is 430 Å². The van der Waals surface area contributed by atoms with E-state index < -0.39 is 5.41 Å². The summed E-state index contributed by atoms with van der Waals surface area (Å²) in [6, 6.07) is 58.7. The lowest BCUT2D eigenvalue weighted by molar-refractivity contribution is 0.588. The fraction of sp³-hybridized carbons (Fsp3) is 0.257. The summed E-state index contributed by atoms with van der Waals surface area (Å²) in [5, 5.41) is 8.03. The summed E-state index contributed by atoms with van der Waals surface area (Å²) in [5.41, 5.74) is 29.0. The summed E-state index contributed by atoms with van der Waals surface area (Å²) < 4.78 is 5.57. The number of rotatable bonds is 1. The first kappa shape index (κ1) is 43.5. The van der Waals surface area contributed by atoms with Gasteiger partial charge < -0.3 is 9.13 Å². The first-order valence-corrected chi connectivity index (χ1v) is 26.9. The van der Waals surface area contributed by atoms with Gasteiger partial charge in [0.25, 0.3) is 6.71 Å². The predicted molar refractivity (Wildman–Crippen MR) is 313 cm³/mol. The third-order valence-electron chi connectivity index (χ3n) is 18.2. The Hall–Kier alpha value is -7.10. The van der Waals surface area contributed by atoms with E-state index in [1.54, 1.807) is 0 Å². The van der Waals surface area contributed by atoms with Gasteiger partial charge >= 0.3 is 0 Å². The number of hydrogen-bond donors (Lipinski definition) is 0. The van der Waals surface area contributed by atoms with Gasteiger partial charge in [0.2, 0.25) is 0 Å². The van der Waals surface area contributed by atoms with Gasteiger partial charge in [0.05, 0.1) is 22.1 Å². The number of benzene rings is 9. The van der Waals surface area contributed by atoms with Gasteiger partial charge in [0.15, 0.2) is 0 Å². The minimum atomic E-state index is -0.616. The predicted octanol–water partition coefficient (Wildman–Crippen LogP) is 16.0. The Morgan fingerprint density at radius 1 is 0.356 bits per heavy atom. The van der Waals surface area contributed by atoms with E-state index >= 15 is 0 Å². The smallest absolute Gasteiger partial charge is 0.252 e. The summed E-state index contributed by atoms with van der Waals surface area (Å²) in [6.07, 6.45) is 0. The standard InChI is InChI=1S/C70H63BN2/c1-38-26-28-45(44-21-15-14-20-43(38)44)52-37-56-65-60-64(52)72-59-29-27-39(66(2,3)4)30-48(59)49-32-41(68(8,9)10)35-57(62(49)72)71(60)58-36-42(69(11,12)13)33-51-50-31-40(67(5,6)7)34-55(61(50)73(65)63(51)58)70(56)53-24-18-16-22-46(53)47-23-17-19-25-54(47)70/h14-37H,1-13H3. The van der Waals surface area contributed by atoms with Crippen LogP contribution in [0.5, 0.6) is 0 Å². The highest BCUT2D eigenvalue weighted by Crippen LogP contribution is 2.63. The van der Waals surface area contributed by atoms with Crippen molar-refractivity contribution < 1.29 is 0 Å². The molecule has 5 heterocycles. The Morgan fingerprint density at radius 3 is 1.47 bits per heavy atom. The van der Waals surface area contributed by atoms with E-state index in [1.807, 2.05) is 0 Å². The molecule has 1 spiro atoms. The van der Waals surface area contributed by atoms with Crippen molar-refractivity contribution in [1.29, 1.82) is 0 Å². The molecule has 0 N–H and O–H groups in total. The summed E-state index contributed by atoms with van der Waals surface area (Å²) in [5.74, 6) is 0. The van der Waals surface area contributed by atoms with Crippen LogP contribution in [0.2, 0.25) is 0 Å². The zero-order chi connectivity index (χ0) is 50.4. The van der Waals surface area contributed by atoms with Crippen LogP contribution in [0, 0.1) is 6.92 Å². The second-order valence-electron chi connectivity index (χ2n) is 26.6. The average molecular weight is 943 g/mol. The maximum Gasteiger partial charge on any atom is 0.252 e. The second kappa shape index (κ2) is 13.5. The fourth-order valence-electron chi connectivity index (χ4n) is 14.5. The van der Waals surface area contributed by atoms with E-state index in [-0.39, 0.29) is 28.4 Å². The van der Waals surface area contributed by atoms with Crippen molar-refractivity contribution in [3.63, 3.8) is 0 Å². The molecule has 73 heavy (non-hydrogen) atoms. The molecule has 3 aliphatic heterocycles. The van der Waals surface area contributed by atoms with Crippen LogP contribution in [0.3, 0.4) is 0 Å². The van der Waals surface area contributed by atoms with Crippen molar-refractivity contribution in [1.82, 2.24) is 9.13 Å². The second-order valence-corrected chi connectivity index (χ2v) is 26.6. The molecule has 15 rings (SSSR count). The molecule has 0 amide bonds. The third kappa shape index (κ3) is 5.31. The molecule has 2 aromatic heterocycles. The molecule has 9 aromatic carbocycles. The molecule has 11 aromatic rings. The van der Waals surface area contributed by atoms with Crippen molar-refractivity contribution in [3.8, 4) is 33.6 Å². The summed E-state index contributed by atoms with van der Waals surface area (Å²) in [7, 11) is 0. The van der Waals surface area contributed by atoms with E-state index in [0.717, 1.165) is 0 Å². The molecular weight excluding hydrogens is 880 g/mol. The molecule has 0 radical (unpaired) electrons. The maximum atomic E-state index is 2.81. The van der Waals surface area contributed by atoms with Gasteiger partial charge in [-0.25, -0.2) is 0 Å². The fourth-order valence-corrected chi connectivity index (χ4v) is 14.5. The van der Waals surface area contributed by atoms with Crippen LogP contribution >= 0.6 is 0 Å². The van der Waals surface area contributed by atoms with E-state index in [9.17, 15) is 0 Å². The van der Waals surface area contributed by atoms with Crippen LogP contribution in [0.25, 0.3) is 88.0 Å². The highest BCUT2D eigenvalue weighted by molar-refractivity contribution is 7.00. The average Bonchev–Trinajstić information content (AvgIpc) is 3.97. The molecular formula is C70H63BN2. The summed E-state index contributed by atoms with van der Waals surface area (Å²) >= 11 is 0. The monoisotopic (exact) mass is 943 g/mol. The minimum Gasteiger partial charge on any atom is -0.310 e. The van der Waals surface area contributed by atoms with Gasteiger partial charge in [-0.1, -0.05) is 192 Å². The van der Waals surface area contributed by atoms with Gasteiger partial charge in [-0.3, -0.25) is 0 Å². The van der Waals surface area contributed by atoms with Crippen molar-refractivity contribution in [2.45, 2.75) is 117 Å². The van der Waals surface area contributed by atoms with Gasteiger partial charge in [0.1, 0.15) is 0 Å². The minimum absolute atomic E-state index is 0.0159. The topological polar surface area (TPSA) is 9.86 Å². The SMILES string of the molecule is Cc1ccc(-c2cc3c4c5c2-n2c6ccc(C(C)(C)C)cc6c6cc(C(C)(C)C)cc(c62)B5c2cc(C(C)(C)C)cc5c6cc(C(C)(C)C)cc(c6n-4c25)C32c3ccccc3-c3ccccc32)c2ccccc12. The quantitative estimate of drug-likeness (QED) is 0.145. The molecule has 2 nitrogen and oxygen atoms in total. The van der Waals surface area contributed by atoms with Crippen LogP contribution in [-0.2, 0) is 27.1 Å². The zero-order valence-corrected chi connectivity index (χ0v) is 44.8. The number of fused-ring (bicyclic) bond motifs is 15. The summed E-state index contributed by atoms with van der Waals surface area (Å²) in [6.45, 7) is 31.0. The van der Waals surface area contributed by atoms with E-state index in [4.69, 9.17) is 0 Å². The lowest BCUT2D eigenvalue weighted by Gasteiger charge is -2.45. The molecule has 0 saturated carbocycles. The van der Waals surface area contributed by atoms with Gasteiger partial charge in [0, 0.05) is 43.8 Å². The van der Waals surface area contributed by atoms with Gasteiger partial charge in [-0.2, -0.15) is 0 Å². The van der Waals surface area contributed by atoms with Crippen LogP contribution in [0.4, 0.5) is 0 Å². The molecule has 0 atom stereocenters. The Bertz CT molecular complexity index is 4320. The van der Waals surface area contributed by atoms with E-state index in [0.29, 0.717) is 0 Å². The highest BCUT2D eigenvalue weighted by atomic mass is 15.1. The normalized spacial score (nSPS) is 15.0. The lowest BCUT2D eigenvalue weighted by Crippen LogP contribution is -2.61. The van der Waals surface area contributed by atoms with Gasteiger partial charge in [-0.05, 0) is 159 Å². The first-order valence-electron chi connectivity index (χ1n) is 26.9. The molecule has 0 unspecified atom stereocenters. The van der Waals surface area contributed by atoms with Crippen molar-refractivity contribution >= 4 is 77.5 Å². The number of hydrogen-bond acceptors (Lipinski definition) is 0. The zero-order valence-electron chi connectivity index (χ0n) is 44.8. The third-order valence-corrected chi connectivity index (χ3v) is 18.2. The van der Waals surface area contributed by atoms with Crippen LogP contribution in [0.15, 0.2) is 146 Å². The van der Waals surface area contributed by atoms with E-state index in [2.05, 4.69) is 245 Å². The first-order chi connectivity index (χ1) is 34.7. The van der Waals surface area contributed by atoms with Crippen LogP contribution < -0.4 is 16.4 Å². The Balaban J connectivity index is 1.27. The van der Waals surface area contributed by atoms with Crippen LogP contribution in [0.1, 0.15) is 133 Å². The van der Waals surface area contributed by atoms with Crippen molar-refractivity contribution in [2.24, 2.45) is 0 Å². The molecule has 0 fully saturated rings. The molecule has 0 saturated heterocycles. The number of aromatic nitrogens is 2. The van der Waals surface area contributed by atoms with Crippen LogP contribution in [-0.4, -0.2) is 15.8 Å². The Kier molecular flexibility index (Phi) is 8.07. The van der Waals surface area contributed by atoms with E-state index in [1.165, 1.54) is 154 Å². The molecule has 356 valence electrons. The van der Waals surface area contributed by atoms with Crippen molar-refractivity contribution in [2.75, 3.05) is 0 Å². The number of aryl methyl sites for hydroxylation is 1. The van der Waals surface area contributed by atoms with Crippen molar-refractivity contribution in [3.05, 3.63) is 196 Å². The lowest BCUT2D eigenvalue weighted by atomic mass is 9.33. The Morgan fingerprint density at radius 2 is 0.863 bits per heavy atom.